The summed E-state index contributed by atoms with van der Waals surface area (Å²) in [4.78, 5) is 72.3. The number of phosphoric ester groups is 2. The summed E-state index contributed by atoms with van der Waals surface area (Å²) in [5, 5.41) is 10.5. The van der Waals surface area contributed by atoms with Crippen LogP contribution < -0.4 is 0 Å². The fourth-order valence-electron chi connectivity index (χ4n) is 9.88. The third kappa shape index (κ3) is 60.7. The minimum atomic E-state index is -4.95. The molecular formula is C66H128O17P2. The summed E-state index contributed by atoms with van der Waals surface area (Å²) in [7, 11) is -9.89. The lowest BCUT2D eigenvalue weighted by atomic mass is 10.0. The molecular weight excluding hydrogens is 1130 g/mol. The van der Waals surface area contributed by atoms with Gasteiger partial charge in [-0.15, -0.1) is 0 Å². The second-order valence-corrected chi connectivity index (χ2v) is 27.7. The average molecular weight is 1260 g/mol. The van der Waals surface area contributed by atoms with E-state index in [0.717, 1.165) is 95.8 Å². The Morgan fingerprint density at radius 3 is 0.800 bits per heavy atom. The van der Waals surface area contributed by atoms with Gasteiger partial charge < -0.3 is 33.8 Å². The van der Waals surface area contributed by atoms with Gasteiger partial charge in [0.25, 0.3) is 0 Å². The van der Waals surface area contributed by atoms with Gasteiger partial charge in [0, 0.05) is 25.7 Å². The molecule has 0 aliphatic rings. The van der Waals surface area contributed by atoms with Gasteiger partial charge in [-0.25, -0.2) is 9.13 Å². The molecule has 504 valence electrons. The molecule has 0 spiro atoms. The minimum Gasteiger partial charge on any atom is -0.462 e. The van der Waals surface area contributed by atoms with E-state index in [4.69, 9.17) is 37.0 Å². The van der Waals surface area contributed by atoms with Crippen molar-refractivity contribution >= 4 is 39.5 Å². The predicted molar refractivity (Wildman–Crippen MR) is 340 cm³/mol. The molecule has 0 bridgehead atoms. The summed E-state index contributed by atoms with van der Waals surface area (Å²) in [6.07, 6.45) is 41.7. The Balaban J connectivity index is 5.24. The van der Waals surface area contributed by atoms with Crippen LogP contribution >= 0.6 is 15.6 Å². The zero-order valence-electron chi connectivity index (χ0n) is 54.9. The predicted octanol–water partition coefficient (Wildman–Crippen LogP) is 18.4. The molecule has 5 atom stereocenters. The maximum atomic E-state index is 13.0. The Kier molecular flexibility index (Phi) is 57.1. The monoisotopic (exact) mass is 1250 g/mol. The lowest BCUT2D eigenvalue weighted by Gasteiger charge is -2.21. The Labute approximate surface area is 517 Å². The highest BCUT2D eigenvalue weighted by Crippen LogP contribution is 2.45. The lowest BCUT2D eigenvalue weighted by molar-refractivity contribution is -0.161. The quantitative estimate of drug-likeness (QED) is 0.0222. The number of ether oxygens (including phenoxy) is 4. The number of aliphatic hydroxyl groups excluding tert-OH is 1. The molecule has 0 aromatic rings. The van der Waals surface area contributed by atoms with Crippen LogP contribution in [0.25, 0.3) is 0 Å². The zero-order valence-corrected chi connectivity index (χ0v) is 56.7. The molecule has 0 heterocycles. The van der Waals surface area contributed by atoms with Gasteiger partial charge in [0.2, 0.25) is 0 Å². The highest BCUT2D eigenvalue weighted by molar-refractivity contribution is 7.47. The Bertz CT molecular complexity index is 1670. The van der Waals surface area contributed by atoms with Crippen molar-refractivity contribution in [2.24, 2.45) is 11.8 Å². The molecule has 85 heavy (non-hydrogen) atoms. The standard InChI is InChI=1S/C66H128O17P2/c1-7-9-11-13-15-17-18-19-20-25-31-37-43-49-64(69)77-54-61(82-65(70)50-44-38-32-26-22-21-24-28-34-40-46-58(3)4)56-80-84(72,73)78-52-60(67)53-79-85(74,75)81-57-62(55-76-63(68)48-42-36-30-23-16-14-12-10-8-2)83-66(71)51-45-39-33-27-29-35-41-47-59(5)6/h58-62,67H,7-57H2,1-6H3,(H,72,73)(H,74,75)/t60-,61-,62-/m1/s1. The van der Waals surface area contributed by atoms with Gasteiger partial charge in [-0.05, 0) is 37.5 Å². The Morgan fingerprint density at radius 1 is 0.318 bits per heavy atom. The topological polar surface area (TPSA) is 237 Å². The summed E-state index contributed by atoms with van der Waals surface area (Å²) in [5.74, 6) is -0.684. The smallest absolute Gasteiger partial charge is 0.462 e. The second-order valence-electron chi connectivity index (χ2n) is 24.8. The van der Waals surface area contributed by atoms with Crippen LogP contribution in [0.3, 0.4) is 0 Å². The van der Waals surface area contributed by atoms with E-state index in [1.165, 1.54) is 148 Å². The van der Waals surface area contributed by atoms with Crippen molar-refractivity contribution in [2.75, 3.05) is 39.6 Å². The van der Waals surface area contributed by atoms with E-state index in [-0.39, 0.29) is 25.7 Å². The molecule has 0 saturated heterocycles. The molecule has 0 aromatic carbocycles. The summed E-state index contributed by atoms with van der Waals surface area (Å²) in [6, 6.07) is 0. The van der Waals surface area contributed by atoms with Crippen LogP contribution in [0.5, 0.6) is 0 Å². The normalized spacial score (nSPS) is 14.2. The van der Waals surface area contributed by atoms with Crippen molar-refractivity contribution in [3.05, 3.63) is 0 Å². The largest absolute Gasteiger partial charge is 0.472 e. The first-order valence-corrected chi connectivity index (χ1v) is 37.5. The molecule has 2 unspecified atom stereocenters. The number of carbonyl (C=O) groups is 4. The molecule has 0 aromatic heterocycles. The number of rotatable bonds is 65. The fourth-order valence-corrected chi connectivity index (χ4v) is 11.5. The van der Waals surface area contributed by atoms with E-state index >= 15 is 0 Å². The third-order valence-corrected chi connectivity index (χ3v) is 17.1. The number of phosphoric acid groups is 2. The maximum absolute atomic E-state index is 13.0. The molecule has 0 rings (SSSR count). The van der Waals surface area contributed by atoms with E-state index in [0.29, 0.717) is 31.6 Å². The molecule has 0 aliphatic carbocycles. The molecule has 17 nitrogen and oxygen atoms in total. The number of aliphatic hydroxyl groups is 1. The Morgan fingerprint density at radius 2 is 0.541 bits per heavy atom. The van der Waals surface area contributed by atoms with E-state index in [1.54, 1.807) is 0 Å². The van der Waals surface area contributed by atoms with E-state index in [9.17, 15) is 43.2 Å². The maximum Gasteiger partial charge on any atom is 0.472 e. The van der Waals surface area contributed by atoms with Crippen molar-refractivity contribution in [1.29, 1.82) is 0 Å². The highest BCUT2D eigenvalue weighted by Gasteiger charge is 2.30. The molecule has 0 amide bonds. The van der Waals surface area contributed by atoms with Crippen LogP contribution in [-0.4, -0.2) is 96.7 Å². The van der Waals surface area contributed by atoms with Crippen molar-refractivity contribution in [3.63, 3.8) is 0 Å². The number of hydrogen-bond donors (Lipinski definition) is 3. The summed E-state index contributed by atoms with van der Waals surface area (Å²) < 4.78 is 68.1. The minimum absolute atomic E-state index is 0.103. The molecule has 3 N–H and O–H groups in total. The summed E-state index contributed by atoms with van der Waals surface area (Å²) >= 11 is 0. The first-order valence-electron chi connectivity index (χ1n) is 34.5. The van der Waals surface area contributed by atoms with Crippen LogP contribution in [0.2, 0.25) is 0 Å². The SMILES string of the molecule is CCCCCCCCCCCCCCCC(=O)OC[C@H](COP(=O)(O)OC[C@@H](O)COP(=O)(O)OC[C@@H](COC(=O)CCCCCCCCCCC)OC(=O)CCCCCCCCCC(C)C)OC(=O)CCCCCCCCCCCCC(C)C. The first-order chi connectivity index (χ1) is 40.9. The van der Waals surface area contributed by atoms with Gasteiger partial charge in [0.15, 0.2) is 12.2 Å². The lowest BCUT2D eigenvalue weighted by Crippen LogP contribution is -2.30. The van der Waals surface area contributed by atoms with Crippen LogP contribution in [0, 0.1) is 11.8 Å². The zero-order chi connectivity index (χ0) is 62.9. The van der Waals surface area contributed by atoms with E-state index in [2.05, 4.69) is 41.5 Å². The number of carbonyl (C=O) groups excluding carboxylic acids is 4. The van der Waals surface area contributed by atoms with Crippen molar-refractivity contribution < 1.29 is 80.2 Å². The molecule has 0 saturated carbocycles. The summed E-state index contributed by atoms with van der Waals surface area (Å²) in [6.45, 7) is 9.43. The number of unbranched alkanes of at least 4 members (excludes halogenated alkanes) is 35. The number of hydrogen-bond acceptors (Lipinski definition) is 15. The van der Waals surface area contributed by atoms with Gasteiger partial charge in [0.1, 0.15) is 19.3 Å². The van der Waals surface area contributed by atoms with Gasteiger partial charge in [-0.3, -0.25) is 37.3 Å². The summed E-state index contributed by atoms with van der Waals surface area (Å²) in [5.41, 5.74) is 0. The van der Waals surface area contributed by atoms with Gasteiger partial charge >= 0.3 is 39.5 Å². The first kappa shape index (κ1) is 83.1. The van der Waals surface area contributed by atoms with Crippen LogP contribution in [0.1, 0.15) is 330 Å². The van der Waals surface area contributed by atoms with Crippen LogP contribution in [0.4, 0.5) is 0 Å². The van der Waals surface area contributed by atoms with E-state index in [1.807, 2.05) is 0 Å². The van der Waals surface area contributed by atoms with Gasteiger partial charge in [-0.1, -0.05) is 279 Å². The Hall–Kier alpha value is -1.94. The molecule has 0 aliphatic heterocycles. The van der Waals surface area contributed by atoms with Crippen molar-refractivity contribution in [2.45, 2.75) is 349 Å². The third-order valence-electron chi connectivity index (χ3n) is 15.2. The van der Waals surface area contributed by atoms with Gasteiger partial charge in [0.05, 0.1) is 26.4 Å². The number of esters is 4. The van der Waals surface area contributed by atoms with Crippen LogP contribution in [0.15, 0.2) is 0 Å². The van der Waals surface area contributed by atoms with Gasteiger partial charge in [-0.2, -0.15) is 0 Å². The van der Waals surface area contributed by atoms with Crippen LogP contribution in [-0.2, 0) is 65.4 Å². The van der Waals surface area contributed by atoms with Crippen molar-refractivity contribution in [1.82, 2.24) is 0 Å². The van der Waals surface area contributed by atoms with Crippen molar-refractivity contribution in [3.8, 4) is 0 Å². The average Bonchev–Trinajstić information content (AvgIpc) is 3.53. The van der Waals surface area contributed by atoms with E-state index < -0.39 is 97.5 Å². The highest BCUT2D eigenvalue weighted by atomic mass is 31.2. The molecule has 0 fully saturated rings. The second kappa shape index (κ2) is 58.4. The fraction of sp³-hybridized carbons (Fsp3) is 0.939. The molecule has 0 radical (unpaired) electrons. The molecule has 19 heteroatoms.